The first-order chi connectivity index (χ1) is 4.16. The van der Waals surface area contributed by atoms with Crippen LogP contribution in [0.3, 0.4) is 0 Å². The maximum atomic E-state index is 9.86. The number of hydrogen-bond acceptors (Lipinski definition) is 3. The summed E-state index contributed by atoms with van der Waals surface area (Å²) in [5.74, 6) is -0.909. The molecule has 0 amide bonds. The molecule has 5 heteroatoms. The molecule has 0 saturated heterocycles. The van der Waals surface area contributed by atoms with Crippen LogP contribution >= 0.6 is 8.38 Å². The van der Waals surface area contributed by atoms with Gasteiger partial charge in [0.05, 0.1) is 6.42 Å². The van der Waals surface area contributed by atoms with Crippen LogP contribution in [0.5, 0.6) is 0 Å². The van der Waals surface area contributed by atoms with E-state index in [1.165, 1.54) is 7.11 Å². The molecule has 0 spiro atoms. The van der Waals surface area contributed by atoms with E-state index in [0.717, 1.165) is 0 Å². The summed E-state index contributed by atoms with van der Waals surface area (Å²) in [6, 6.07) is 0. The van der Waals surface area contributed by atoms with Gasteiger partial charge in [-0.05, 0) is 0 Å². The van der Waals surface area contributed by atoms with E-state index in [1.54, 1.807) is 0 Å². The number of rotatable bonds is 4. The second kappa shape index (κ2) is 4.68. The fourth-order valence-electron chi connectivity index (χ4n) is 0.283. The Kier molecular flexibility index (Phi) is 4.58. The monoisotopic (exact) mass is 152 g/mol. The first-order valence-corrected chi connectivity index (χ1v) is 3.79. The van der Waals surface area contributed by atoms with Crippen molar-refractivity contribution in [2.24, 2.45) is 0 Å². The Bertz CT molecular complexity index is 94.6. The zero-order chi connectivity index (χ0) is 7.28. The van der Waals surface area contributed by atoms with Gasteiger partial charge in [-0.3, -0.25) is 4.79 Å². The molecule has 1 unspecified atom stereocenters. The molecule has 0 aromatic carbocycles. The van der Waals surface area contributed by atoms with Crippen LogP contribution in [0.2, 0.25) is 0 Å². The van der Waals surface area contributed by atoms with E-state index in [4.69, 9.17) is 10.00 Å². The predicted octanol–water partition coefficient (Wildman–Crippen LogP) is 0.412. The van der Waals surface area contributed by atoms with Crippen LogP contribution in [-0.4, -0.2) is 29.2 Å². The quantitative estimate of drug-likeness (QED) is 0.572. The van der Waals surface area contributed by atoms with Crippen molar-refractivity contribution in [3.8, 4) is 0 Å². The van der Waals surface area contributed by atoms with Gasteiger partial charge < -0.3 is 14.5 Å². The molecule has 54 valence electrons. The van der Waals surface area contributed by atoms with Crippen LogP contribution in [0, 0.1) is 0 Å². The molecule has 0 fully saturated rings. The van der Waals surface area contributed by atoms with Crippen molar-refractivity contribution < 1.29 is 19.3 Å². The van der Waals surface area contributed by atoms with Gasteiger partial charge in [0, 0.05) is 13.3 Å². The molecule has 0 heterocycles. The standard InChI is InChI=1S/C4H9O4P/c1-8-9(7)3-2-4(5)6/h7H,2-3H2,1H3,(H,5,6). The van der Waals surface area contributed by atoms with Gasteiger partial charge in [0.2, 0.25) is 0 Å². The number of aliphatic carboxylic acids is 1. The summed E-state index contributed by atoms with van der Waals surface area (Å²) in [4.78, 5) is 18.5. The Hall–Kier alpha value is -0.180. The van der Waals surface area contributed by atoms with Gasteiger partial charge in [-0.1, -0.05) is 0 Å². The van der Waals surface area contributed by atoms with E-state index in [-0.39, 0.29) is 12.6 Å². The van der Waals surface area contributed by atoms with Crippen molar-refractivity contribution in [2.45, 2.75) is 6.42 Å². The lowest BCUT2D eigenvalue weighted by Crippen LogP contribution is -1.97. The third-order valence-corrected chi connectivity index (χ3v) is 1.76. The molecule has 4 nitrogen and oxygen atoms in total. The summed E-state index contributed by atoms with van der Waals surface area (Å²) >= 11 is 0. The molecule has 9 heavy (non-hydrogen) atoms. The number of carbonyl (C=O) groups is 1. The van der Waals surface area contributed by atoms with E-state index in [0.29, 0.717) is 0 Å². The minimum Gasteiger partial charge on any atom is -0.481 e. The highest BCUT2D eigenvalue weighted by atomic mass is 31.2. The van der Waals surface area contributed by atoms with Gasteiger partial charge in [0.15, 0.2) is 8.38 Å². The van der Waals surface area contributed by atoms with E-state index in [9.17, 15) is 4.79 Å². The van der Waals surface area contributed by atoms with Crippen LogP contribution in [0.4, 0.5) is 0 Å². The lowest BCUT2D eigenvalue weighted by Gasteiger charge is -2.02. The summed E-state index contributed by atoms with van der Waals surface area (Å²) < 4.78 is 4.46. The highest BCUT2D eigenvalue weighted by Gasteiger charge is 2.04. The Morgan fingerprint density at radius 3 is 2.67 bits per heavy atom. The smallest absolute Gasteiger partial charge is 0.303 e. The Morgan fingerprint density at radius 2 is 2.33 bits per heavy atom. The Balaban J connectivity index is 3.16. The molecule has 1 atom stereocenters. The molecule has 0 rings (SSSR count). The predicted molar refractivity (Wildman–Crippen MR) is 33.3 cm³/mol. The second-order valence-corrected chi connectivity index (χ2v) is 2.92. The minimum absolute atomic E-state index is 0.0317. The molecule has 0 aromatic heterocycles. The molecule has 0 aliphatic carbocycles. The zero-order valence-electron chi connectivity index (χ0n) is 5.07. The van der Waals surface area contributed by atoms with Crippen molar-refractivity contribution >= 4 is 14.3 Å². The molecule has 0 aliphatic rings. The van der Waals surface area contributed by atoms with Gasteiger partial charge in [0.1, 0.15) is 0 Å². The fraction of sp³-hybridized carbons (Fsp3) is 0.750. The maximum Gasteiger partial charge on any atom is 0.303 e. The summed E-state index contributed by atoms with van der Waals surface area (Å²) in [5.41, 5.74) is 0. The number of carboxylic acids is 1. The molecule has 0 bridgehead atoms. The number of carboxylic acid groups (broad SMARTS) is 1. The molecule has 0 radical (unpaired) electrons. The zero-order valence-corrected chi connectivity index (χ0v) is 5.97. The van der Waals surface area contributed by atoms with E-state index in [2.05, 4.69) is 4.52 Å². The third-order valence-electron chi connectivity index (χ3n) is 0.728. The van der Waals surface area contributed by atoms with Crippen molar-refractivity contribution in [1.29, 1.82) is 0 Å². The van der Waals surface area contributed by atoms with Crippen LogP contribution in [0.15, 0.2) is 0 Å². The van der Waals surface area contributed by atoms with E-state index in [1.807, 2.05) is 0 Å². The minimum atomic E-state index is -1.49. The van der Waals surface area contributed by atoms with Gasteiger partial charge in [-0.2, -0.15) is 0 Å². The summed E-state index contributed by atoms with van der Waals surface area (Å²) in [6.07, 6.45) is 0.178. The fourth-order valence-corrected chi connectivity index (χ4v) is 0.848. The third kappa shape index (κ3) is 5.69. The van der Waals surface area contributed by atoms with Crippen molar-refractivity contribution in [3.63, 3.8) is 0 Å². The molecule has 0 saturated carbocycles. The van der Waals surface area contributed by atoms with Gasteiger partial charge in [0.25, 0.3) is 0 Å². The first-order valence-electron chi connectivity index (χ1n) is 2.39. The molecular formula is C4H9O4P. The molecule has 0 aliphatic heterocycles. The van der Waals surface area contributed by atoms with Crippen LogP contribution in [0.1, 0.15) is 6.42 Å². The maximum absolute atomic E-state index is 9.86. The first kappa shape index (κ1) is 8.82. The van der Waals surface area contributed by atoms with Crippen molar-refractivity contribution in [2.75, 3.05) is 13.3 Å². The summed E-state index contributed by atoms with van der Waals surface area (Å²) in [7, 11) is -0.137. The molecular weight excluding hydrogens is 143 g/mol. The normalized spacial score (nSPS) is 13.1. The Labute approximate surface area is 54.4 Å². The Morgan fingerprint density at radius 1 is 1.78 bits per heavy atom. The van der Waals surface area contributed by atoms with Crippen LogP contribution in [-0.2, 0) is 9.32 Å². The highest BCUT2D eigenvalue weighted by Crippen LogP contribution is 2.29. The van der Waals surface area contributed by atoms with Crippen molar-refractivity contribution in [3.05, 3.63) is 0 Å². The van der Waals surface area contributed by atoms with E-state index < -0.39 is 14.3 Å². The largest absolute Gasteiger partial charge is 0.481 e. The summed E-state index contributed by atoms with van der Waals surface area (Å²) in [5, 5.41) is 8.10. The average molecular weight is 152 g/mol. The SMILES string of the molecule is COP(O)CCC(=O)O. The average Bonchev–Trinajstić information content (AvgIpc) is 1.83. The topological polar surface area (TPSA) is 66.8 Å². The molecule has 0 aromatic rings. The van der Waals surface area contributed by atoms with Gasteiger partial charge >= 0.3 is 5.97 Å². The lowest BCUT2D eigenvalue weighted by atomic mass is 10.5. The van der Waals surface area contributed by atoms with Gasteiger partial charge in [-0.15, -0.1) is 0 Å². The van der Waals surface area contributed by atoms with E-state index >= 15 is 0 Å². The summed E-state index contributed by atoms with van der Waals surface area (Å²) in [6.45, 7) is 0. The van der Waals surface area contributed by atoms with Crippen LogP contribution < -0.4 is 0 Å². The molecule has 2 N–H and O–H groups in total. The second-order valence-electron chi connectivity index (χ2n) is 1.40. The van der Waals surface area contributed by atoms with Crippen LogP contribution in [0.25, 0.3) is 0 Å². The lowest BCUT2D eigenvalue weighted by molar-refractivity contribution is -0.136. The van der Waals surface area contributed by atoms with Gasteiger partial charge in [-0.25, -0.2) is 0 Å². The highest BCUT2D eigenvalue weighted by molar-refractivity contribution is 7.46. The number of hydrogen-bond donors (Lipinski definition) is 2. The van der Waals surface area contributed by atoms with Crippen molar-refractivity contribution in [1.82, 2.24) is 0 Å².